The van der Waals surface area contributed by atoms with Crippen molar-refractivity contribution < 1.29 is 37.8 Å². The van der Waals surface area contributed by atoms with Crippen molar-refractivity contribution in [2.75, 3.05) is 23.8 Å². The minimum Gasteiger partial charge on any atom is -0.478 e. The predicted octanol–water partition coefficient (Wildman–Crippen LogP) is 4.30. The highest BCUT2D eigenvalue weighted by atomic mass is 19.4. The van der Waals surface area contributed by atoms with E-state index >= 15 is 0 Å². The van der Waals surface area contributed by atoms with Crippen molar-refractivity contribution in [3.63, 3.8) is 0 Å². The van der Waals surface area contributed by atoms with Gasteiger partial charge in [0.25, 0.3) is 5.91 Å². The second-order valence-electron chi connectivity index (χ2n) is 8.10. The molecule has 3 rings (SSSR count). The van der Waals surface area contributed by atoms with Crippen LogP contribution in [0.4, 0.5) is 24.5 Å². The molecule has 0 atom stereocenters. The number of aromatic nitrogens is 2. The molecule has 0 radical (unpaired) electrons. The molecule has 1 heterocycles. The number of amides is 1. The van der Waals surface area contributed by atoms with Gasteiger partial charge in [0, 0.05) is 37.6 Å². The number of carboxylic acid groups (broad SMARTS) is 2. The molecule has 0 saturated carbocycles. The number of carbonyl (C=O) groups is 3. The molecule has 1 aromatic heterocycles. The quantitative estimate of drug-likeness (QED) is 0.424. The fraction of sp³-hybridized carbons (Fsp3) is 0.280. The van der Waals surface area contributed by atoms with Gasteiger partial charge in [0.2, 0.25) is 0 Å². The molecule has 0 bridgehead atoms. The van der Waals surface area contributed by atoms with Gasteiger partial charge >= 0.3 is 18.1 Å². The third kappa shape index (κ3) is 7.82. The van der Waals surface area contributed by atoms with Crippen molar-refractivity contribution in [2.45, 2.75) is 26.4 Å². The van der Waals surface area contributed by atoms with Crippen molar-refractivity contribution in [1.82, 2.24) is 9.78 Å². The van der Waals surface area contributed by atoms with Crippen LogP contribution >= 0.6 is 0 Å². The zero-order chi connectivity index (χ0) is 27.9. The Kier molecular flexibility index (Phi) is 9.42. The summed E-state index contributed by atoms with van der Waals surface area (Å²) in [7, 11) is 3.78. The van der Waals surface area contributed by atoms with Crippen LogP contribution in [0.3, 0.4) is 0 Å². The Bertz CT molecular complexity index is 1270. The number of benzene rings is 2. The second-order valence-corrected chi connectivity index (χ2v) is 8.10. The zero-order valence-electron chi connectivity index (χ0n) is 20.6. The van der Waals surface area contributed by atoms with Gasteiger partial charge in [-0.2, -0.15) is 18.3 Å². The van der Waals surface area contributed by atoms with E-state index in [1.54, 1.807) is 36.4 Å². The molecule has 9 nitrogen and oxygen atoms in total. The maximum absolute atomic E-state index is 12.4. The Balaban J connectivity index is 0.000000604. The van der Waals surface area contributed by atoms with Crippen LogP contribution in [-0.4, -0.2) is 57.6 Å². The SMILES string of the molecule is Cc1nn(C)c(C)c1CCN(C)c1ccc(NC(=O)c2ccccc2)cc1C(=O)O.O=C(O)C(F)(F)F. The van der Waals surface area contributed by atoms with Crippen LogP contribution in [0, 0.1) is 13.8 Å². The summed E-state index contributed by atoms with van der Waals surface area (Å²) >= 11 is 0. The number of aromatic carboxylic acids is 1. The number of alkyl halides is 3. The fourth-order valence-electron chi connectivity index (χ4n) is 3.49. The fourth-order valence-corrected chi connectivity index (χ4v) is 3.49. The smallest absolute Gasteiger partial charge is 0.478 e. The summed E-state index contributed by atoms with van der Waals surface area (Å²) in [5, 5.41) is 24.0. The van der Waals surface area contributed by atoms with Crippen molar-refractivity contribution in [3.05, 3.63) is 76.6 Å². The van der Waals surface area contributed by atoms with Gasteiger partial charge in [-0.25, -0.2) is 9.59 Å². The molecule has 0 aliphatic carbocycles. The summed E-state index contributed by atoms with van der Waals surface area (Å²) in [5.41, 5.74) is 4.96. The minimum atomic E-state index is -5.08. The average Bonchev–Trinajstić information content (AvgIpc) is 3.08. The van der Waals surface area contributed by atoms with Crippen molar-refractivity contribution in [2.24, 2.45) is 7.05 Å². The molecule has 0 fully saturated rings. The molecule has 3 aromatic rings. The molecular formula is C25H27F3N4O5. The molecular weight excluding hydrogens is 493 g/mol. The van der Waals surface area contributed by atoms with E-state index in [9.17, 15) is 27.9 Å². The summed E-state index contributed by atoms with van der Waals surface area (Å²) in [4.78, 5) is 35.0. The number of nitrogens with zero attached hydrogens (tertiary/aromatic N) is 3. The lowest BCUT2D eigenvalue weighted by atomic mass is 10.1. The first-order valence-electron chi connectivity index (χ1n) is 11.0. The monoisotopic (exact) mass is 520 g/mol. The van der Waals surface area contributed by atoms with E-state index < -0.39 is 18.1 Å². The number of rotatable bonds is 7. The predicted molar refractivity (Wildman–Crippen MR) is 131 cm³/mol. The number of hydrogen-bond donors (Lipinski definition) is 3. The minimum absolute atomic E-state index is 0.142. The third-order valence-corrected chi connectivity index (χ3v) is 5.53. The number of hydrogen-bond acceptors (Lipinski definition) is 5. The summed E-state index contributed by atoms with van der Waals surface area (Å²) in [5.74, 6) is -4.08. The highest BCUT2D eigenvalue weighted by Gasteiger charge is 2.38. The van der Waals surface area contributed by atoms with Gasteiger partial charge in [-0.3, -0.25) is 9.48 Å². The summed E-state index contributed by atoms with van der Waals surface area (Å²) in [6, 6.07) is 13.7. The maximum Gasteiger partial charge on any atom is 0.490 e. The first-order chi connectivity index (χ1) is 17.2. The van der Waals surface area contributed by atoms with Crippen LogP contribution in [-0.2, 0) is 18.3 Å². The molecule has 3 N–H and O–H groups in total. The van der Waals surface area contributed by atoms with Crippen molar-refractivity contribution in [1.29, 1.82) is 0 Å². The molecule has 0 aliphatic heterocycles. The Morgan fingerprint density at radius 2 is 1.65 bits per heavy atom. The van der Waals surface area contributed by atoms with Crippen LogP contribution in [0.15, 0.2) is 48.5 Å². The summed E-state index contributed by atoms with van der Waals surface area (Å²) < 4.78 is 33.6. The molecule has 0 aliphatic rings. The number of nitrogens with one attached hydrogen (secondary N) is 1. The lowest BCUT2D eigenvalue weighted by Gasteiger charge is -2.22. The zero-order valence-corrected chi connectivity index (χ0v) is 20.6. The normalized spacial score (nSPS) is 10.8. The Hall–Kier alpha value is -4.35. The molecule has 0 spiro atoms. The second kappa shape index (κ2) is 12.1. The van der Waals surface area contributed by atoms with E-state index in [0.717, 1.165) is 17.8 Å². The highest BCUT2D eigenvalue weighted by Crippen LogP contribution is 2.25. The number of halogens is 3. The first kappa shape index (κ1) is 28.9. The van der Waals surface area contributed by atoms with Crippen molar-refractivity contribution >= 4 is 29.2 Å². The molecule has 198 valence electrons. The molecule has 0 saturated heterocycles. The van der Waals surface area contributed by atoms with Gasteiger partial charge in [-0.1, -0.05) is 18.2 Å². The van der Waals surface area contributed by atoms with Crippen LogP contribution < -0.4 is 10.2 Å². The van der Waals surface area contributed by atoms with E-state index in [2.05, 4.69) is 10.4 Å². The van der Waals surface area contributed by atoms with E-state index in [0.29, 0.717) is 23.5 Å². The number of anilines is 2. The maximum atomic E-state index is 12.4. The van der Waals surface area contributed by atoms with Crippen LogP contribution in [0.25, 0.3) is 0 Å². The number of carbonyl (C=O) groups excluding carboxylic acids is 1. The topological polar surface area (TPSA) is 125 Å². The molecule has 0 unspecified atom stereocenters. The highest BCUT2D eigenvalue weighted by molar-refractivity contribution is 6.05. The third-order valence-electron chi connectivity index (χ3n) is 5.53. The molecule has 1 amide bonds. The number of aliphatic carboxylic acids is 1. The largest absolute Gasteiger partial charge is 0.490 e. The van der Waals surface area contributed by atoms with E-state index in [1.807, 2.05) is 43.6 Å². The van der Waals surface area contributed by atoms with Crippen LogP contribution in [0.2, 0.25) is 0 Å². The number of aryl methyl sites for hydroxylation is 2. The van der Waals surface area contributed by atoms with Gasteiger partial charge in [0.05, 0.1) is 16.9 Å². The van der Waals surface area contributed by atoms with E-state index in [4.69, 9.17) is 9.90 Å². The lowest BCUT2D eigenvalue weighted by molar-refractivity contribution is -0.192. The van der Waals surface area contributed by atoms with Gasteiger partial charge in [0.1, 0.15) is 0 Å². The number of likely N-dealkylation sites (N-methyl/N-ethyl adjacent to an activating group) is 1. The first-order valence-corrected chi connectivity index (χ1v) is 11.0. The molecule has 2 aromatic carbocycles. The average molecular weight is 521 g/mol. The lowest BCUT2D eigenvalue weighted by Crippen LogP contribution is -2.23. The Morgan fingerprint density at radius 3 is 2.14 bits per heavy atom. The number of carboxylic acids is 2. The molecule has 12 heteroatoms. The molecule has 37 heavy (non-hydrogen) atoms. The summed E-state index contributed by atoms with van der Waals surface area (Å²) in [6.45, 7) is 4.65. The van der Waals surface area contributed by atoms with Crippen molar-refractivity contribution in [3.8, 4) is 0 Å². The van der Waals surface area contributed by atoms with Gasteiger partial charge in [0.15, 0.2) is 0 Å². The van der Waals surface area contributed by atoms with Gasteiger partial charge < -0.3 is 20.4 Å². The van der Waals surface area contributed by atoms with E-state index in [1.165, 1.54) is 11.6 Å². The van der Waals surface area contributed by atoms with Crippen LogP contribution in [0.1, 0.15) is 37.7 Å². The van der Waals surface area contributed by atoms with Gasteiger partial charge in [-0.15, -0.1) is 0 Å². The summed E-state index contributed by atoms with van der Waals surface area (Å²) in [6.07, 6.45) is -4.33. The Labute approximate surface area is 211 Å². The van der Waals surface area contributed by atoms with Crippen LogP contribution in [0.5, 0.6) is 0 Å². The Morgan fingerprint density at radius 1 is 1.05 bits per heavy atom. The van der Waals surface area contributed by atoms with Gasteiger partial charge in [-0.05, 0) is 56.2 Å². The van der Waals surface area contributed by atoms with E-state index in [-0.39, 0.29) is 11.5 Å². The standard InChI is InChI=1S/C23H26N4O3.C2HF3O2/c1-15-19(16(2)27(4)25-15)12-13-26(3)21-11-10-18(14-20(21)23(29)30)24-22(28)17-8-6-5-7-9-17;3-2(4,5)1(6)7/h5-11,14H,12-13H2,1-4H3,(H,24,28)(H,29,30);(H,6,7).